The average Bonchev–Trinajstić information content (AvgIpc) is 2.32. The third-order valence-electron chi connectivity index (χ3n) is 3.50. The van der Waals surface area contributed by atoms with Crippen molar-refractivity contribution in [1.29, 1.82) is 5.26 Å². The Bertz CT molecular complexity index is 502. The Labute approximate surface area is 113 Å². The van der Waals surface area contributed by atoms with Gasteiger partial charge in [-0.05, 0) is 33.0 Å². The molecule has 0 unspecified atom stereocenters. The molecule has 5 nitrogen and oxygen atoms in total. The molecule has 1 aromatic rings. The van der Waals surface area contributed by atoms with E-state index < -0.39 is 0 Å². The van der Waals surface area contributed by atoms with Crippen molar-refractivity contribution < 1.29 is 9.47 Å². The summed E-state index contributed by atoms with van der Waals surface area (Å²) in [6.07, 6.45) is 2.06. The van der Waals surface area contributed by atoms with Gasteiger partial charge in [0.05, 0.1) is 12.7 Å². The SMILES string of the molecule is COc1cc(N)cc(C#N)c1OC1CC(N(C)C)C1. The molecule has 2 N–H and O–H groups in total. The smallest absolute Gasteiger partial charge is 0.179 e. The number of benzene rings is 1. The van der Waals surface area contributed by atoms with Gasteiger partial charge in [-0.3, -0.25) is 0 Å². The predicted molar refractivity (Wildman–Crippen MR) is 73.2 cm³/mol. The Morgan fingerprint density at radius 1 is 1.37 bits per heavy atom. The Kier molecular flexibility index (Phi) is 3.82. The van der Waals surface area contributed by atoms with Gasteiger partial charge in [0, 0.05) is 17.8 Å². The van der Waals surface area contributed by atoms with Crippen LogP contribution in [-0.2, 0) is 0 Å². The summed E-state index contributed by atoms with van der Waals surface area (Å²) in [6, 6.07) is 5.94. The molecule has 0 spiro atoms. The van der Waals surface area contributed by atoms with Crippen LogP contribution in [0.15, 0.2) is 12.1 Å². The number of rotatable bonds is 4. The number of ether oxygens (including phenoxy) is 2. The van der Waals surface area contributed by atoms with E-state index >= 15 is 0 Å². The lowest BCUT2D eigenvalue weighted by molar-refractivity contribution is 0.0381. The number of hydrogen-bond acceptors (Lipinski definition) is 5. The summed E-state index contributed by atoms with van der Waals surface area (Å²) in [7, 11) is 5.67. The van der Waals surface area contributed by atoms with E-state index in [1.165, 1.54) is 0 Å². The van der Waals surface area contributed by atoms with Gasteiger partial charge in [0.1, 0.15) is 12.2 Å². The van der Waals surface area contributed by atoms with E-state index in [2.05, 4.69) is 25.1 Å². The van der Waals surface area contributed by atoms with Gasteiger partial charge in [-0.2, -0.15) is 5.26 Å². The molecule has 0 amide bonds. The monoisotopic (exact) mass is 261 g/mol. The largest absolute Gasteiger partial charge is 0.493 e. The van der Waals surface area contributed by atoms with Gasteiger partial charge in [0.15, 0.2) is 11.5 Å². The molecule has 5 heteroatoms. The number of anilines is 1. The molecule has 0 aliphatic heterocycles. The highest BCUT2D eigenvalue weighted by Gasteiger charge is 2.33. The summed E-state index contributed by atoms with van der Waals surface area (Å²) in [6.45, 7) is 0. The molecule has 0 bridgehead atoms. The second kappa shape index (κ2) is 5.37. The maximum atomic E-state index is 9.16. The van der Waals surface area contributed by atoms with E-state index in [1.54, 1.807) is 19.2 Å². The van der Waals surface area contributed by atoms with Crippen LogP contribution in [0.3, 0.4) is 0 Å². The van der Waals surface area contributed by atoms with Crippen molar-refractivity contribution >= 4 is 5.69 Å². The van der Waals surface area contributed by atoms with Crippen LogP contribution in [0.4, 0.5) is 5.69 Å². The number of nitriles is 1. The number of nitrogens with zero attached hydrogens (tertiary/aromatic N) is 2. The normalized spacial score (nSPS) is 21.6. The summed E-state index contributed by atoms with van der Waals surface area (Å²) in [5.41, 5.74) is 6.65. The summed E-state index contributed by atoms with van der Waals surface area (Å²) < 4.78 is 11.1. The second-order valence-electron chi connectivity index (χ2n) is 5.04. The highest BCUT2D eigenvalue weighted by molar-refractivity contribution is 5.61. The highest BCUT2D eigenvalue weighted by Crippen LogP contribution is 2.37. The van der Waals surface area contributed by atoms with E-state index in [0.29, 0.717) is 28.8 Å². The molecule has 1 aromatic carbocycles. The molecule has 0 aromatic heterocycles. The topological polar surface area (TPSA) is 71.5 Å². The molecule has 1 saturated carbocycles. The van der Waals surface area contributed by atoms with Gasteiger partial charge in [0.25, 0.3) is 0 Å². The van der Waals surface area contributed by atoms with Crippen LogP contribution in [0.2, 0.25) is 0 Å². The summed E-state index contributed by atoms with van der Waals surface area (Å²) in [5.74, 6) is 1.02. The van der Waals surface area contributed by atoms with Crippen LogP contribution >= 0.6 is 0 Å². The maximum Gasteiger partial charge on any atom is 0.179 e. The fourth-order valence-corrected chi connectivity index (χ4v) is 2.20. The number of nitrogens with two attached hydrogens (primary N) is 1. The first-order valence-corrected chi connectivity index (χ1v) is 6.25. The van der Waals surface area contributed by atoms with Crippen molar-refractivity contribution in [3.05, 3.63) is 17.7 Å². The zero-order valence-electron chi connectivity index (χ0n) is 11.5. The molecule has 2 rings (SSSR count). The van der Waals surface area contributed by atoms with Crippen LogP contribution in [0.5, 0.6) is 11.5 Å². The van der Waals surface area contributed by atoms with Crippen LogP contribution in [0, 0.1) is 11.3 Å². The summed E-state index contributed by atoms with van der Waals surface area (Å²) in [5, 5.41) is 9.16. The average molecular weight is 261 g/mol. The minimum absolute atomic E-state index is 0.136. The van der Waals surface area contributed by atoms with E-state index in [-0.39, 0.29) is 6.10 Å². The number of methoxy groups -OCH3 is 1. The second-order valence-corrected chi connectivity index (χ2v) is 5.04. The molecule has 19 heavy (non-hydrogen) atoms. The molecule has 0 heterocycles. The number of nitrogen functional groups attached to an aromatic ring is 1. The molecule has 1 aliphatic carbocycles. The van der Waals surface area contributed by atoms with Crippen LogP contribution in [-0.4, -0.2) is 38.3 Å². The third-order valence-corrected chi connectivity index (χ3v) is 3.50. The highest BCUT2D eigenvalue weighted by atomic mass is 16.5. The molecular weight excluding hydrogens is 242 g/mol. The lowest BCUT2D eigenvalue weighted by atomic mass is 9.88. The molecule has 0 saturated heterocycles. The van der Waals surface area contributed by atoms with Gasteiger partial charge < -0.3 is 20.1 Å². The van der Waals surface area contributed by atoms with Gasteiger partial charge in [-0.1, -0.05) is 0 Å². The van der Waals surface area contributed by atoms with Crippen LogP contribution in [0.25, 0.3) is 0 Å². The van der Waals surface area contributed by atoms with Crippen molar-refractivity contribution in [3.63, 3.8) is 0 Å². The third kappa shape index (κ3) is 2.74. The van der Waals surface area contributed by atoms with E-state index in [0.717, 1.165) is 12.8 Å². The lowest BCUT2D eigenvalue weighted by Gasteiger charge is -2.39. The van der Waals surface area contributed by atoms with Crippen molar-refractivity contribution in [2.75, 3.05) is 26.9 Å². The van der Waals surface area contributed by atoms with Gasteiger partial charge in [-0.25, -0.2) is 0 Å². The predicted octanol–water partition coefficient (Wildman–Crippen LogP) is 1.62. The zero-order chi connectivity index (χ0) is 14.0. The fourth-order valence-electron chi connectivity index (χ4n) is 2.20. The molecule has 0 atom stereocenters. The van der Waals surface area contributed by atoms with E-state index in [1.807, 2.05) is 0 Å². The molecule has 0 radical (unpaired) electrons. The van der Waals surface area contributed by atoms with Gasteiger partial charge in [0.2, 0.25) is 0 Å². The lowest BCUT2D eigenvalue weighted by Crippen LogP contribution is -2.46. The van der Waals surface area contributed by atoms with E-state index in [4.69, 9.17) is 20.5 Å². The van der Waals surface area contributed by atoms with Crippen molar-refractivity contribution in [1.82, 2.24) is 4.90 Å². The van der Waals surface area contributed by atoms with Crippen molar-refractivity contribution in [2.45, 2.75) is 25.0 Å². The van der Waals surface area contributed by atoms with Gasteiger partial charge >= 0.3 is 0 Å². The Morgan fingerprint density at radius 2 is 2.05 bits per heavy atom. The van der Waals surface area contributed by atoms with Crippen molar-refractivity contribution in [3.8, 4) is 17.6 Å². The molecule has 102 valence electrons. The first kappa shape index (κ1) is 13.5. The standard InChI is InChI=1S/C14H19N3O2/c1-17(2)11-6-12(7-11)19-14-9(8-15)4-10(16)5-13(14)18-3/h4-5,11-12H,6-7,16H2,1-3H3. The molecule has 1 aliphatic rings. The fraction of sp³-hybridized carbons (Fsp3) is 0.500. The summed E-state index contributed by atoms with van der Waals surface area (Å²) in [4.78, 5) is 2.19. The first-order chi connectivity index (χ1) is 9.05. The Morgan fingerprint density at radius 3 is 2.58 bits per heavy atom. The van der Waals surface area contributed by atoms with Crippen LogP contribution in [0.1, 0.15) is 18.4 Å². The number of hydrogen-bond donors (Lipinski definition) is 1. The van der Waals surface area contributed by atoms with Crippen LogP contribution < -0.4 is 15.2 Å². The quantitative estimate of drug-likeness (QED) is 0.834. The molecule has 1 fully saturated rings. The summed E-state index contributed by atoms with van der Waals surface area (Å²) >= 11 is 0. The Balaban J connectivity index is 2.15. The zero-order valence-corrected chi connectivity index (χ0v) is 11.5. The molecular formula is C14H19N3O2. The van der Waals surface area contributed by atoms with Crippen molar-refractivity contribution in [2.24, 2.45) is 0 Å². The Hall–Kier alpha value is -1.93. The maximum absolute atomic E-state index is 9.16. The first-order valence-electron chi connectivity index (χ1n) is 6.25. The van der Waals surface area contributed by atoms with E-state index in [9.17, 15) is 0 Å². The minimum Gasteiger partial charge on any atom is -0.493 e. The van der Waals surface area contributed by atoms with Gasteiger partial charge in [-0.15, -0.1) is 0 Å². The minimum atomic E-state index is 0.136.